The van der Waals surface area contributed by atoms with Gasteiger partial charge in [-0.15, -0.1) is 0 Å². The van der Waals surface area contributed by atoms with Crippen LogP contribution in [0.2, 0.25) is 0 Å². The van der Waals surface area contributed by atoms with Crippen LogP contribution in [-0.4, -0.2) is 28.8 Å². The van der Waals surface area contributed by atoms with E-state index in [1.807, 2.05) is 30.3 Å². The molecule has 2 N–H and O–H groups in total. The topological polar surface area (TPSA) is 83.8 Å². The van der Waals surface area contributed by atoms with Crippen molar-refractivity contribution < 1.29 is 24.5 Å². The number of aromatic carboxylic acids is 2. The Labute approximate surface area is 127 Å². The number of aryl methyl sites for hydroxylation is 1. The van der Waals surface area contributed by atoms with Gasteiger partial charge in [-0.1, -0.05) is 36.4 Å². The third kappa shape index (κ3) is 3.85. The third-order valence-corrected chi connectivity index (χ3v) is 3.18. The smallest absolute Gasteiger partial charge is 0.340 e. The first-order chi connectivity index (χ1) is 10.6. The zero-order chi connectivity index (χ0) is 15.9. The Morgan fingerprint density at radius 1 is 0.909 bits per heavy atom. The number of ether oxygens (including phenoxy) is 1. The molecule has 0 radical (unpaired) electrons. The minimum Gasteiger partial charge on any atom is -0.493 e. The fourth-order valence-corrected chi connectivity index (χ4v) is 2.15. The molecule has 114 valence electrons. The lowest BCUT2D eigenvalue weighted by molar-refractivity contribution is 0.0647. The molecule has 0 unspecified atom stereocenters. The Balaban J connectivity index is 2.02. The van der Waals surface area contributed by atoms with Crippen LogP contribution in [0.1, 0.15) is 32.7 Å². The lowest BCUT2D eigenvalue weighted by Crippen LogP contribution is -2.11. The highest BCUT2D eigenvalue weighted by molar-refractivity contribution is 6.03. The molecule has 22 heavy (non-hydrogen) atoms. The van der Waals surface area contributed by atoms with Crippen molar-refractivity contribution in [2.24, 2.45) is 0 Å². The second-order valence-electron chi connectivity index (χ2n) is 4.73. The van der Waals surface area contributed by atoms with E-state index in [4.69, 9.17) is 9.84 Å². The number of carbonyl (C=O) groups is 2. The molecular formula is C17H16O5. The molecule has 0 heterocycles. The van der Waals surface area contributed by atoms with Crippen LogP contribution >= 0.6 is 0 Å². The maximum Gasteiger partial charge on any atom is 0.340 e. The van der Waals surface area contributed by atoms with E-state index < -0.39 is 11.9 Å². The molecule has 5 nitrogen and oxygen atoms in total. The standard InChI is InChI=1S/C17H16O5/c18-16(19)13-9-4-10-14(15(13)17(20)21)22-11-5-8-12-6-2-1-3-7-12/h1-4,6-7,9-10H,5,8,11H2,(H,18,19)(H,20,21). The van der Waals surface area contributed by atoms with Gasteiger partial charge < -0.3 is 14.9 Å². The van der Waals surface area contributed by atoms with Crippen molar-refractivity contribution in [3.05, 3.63) is 65.2 Å². The summed E-state index contributed by atoms with van der Waals surface area (Å²) in [5, 5.41) is 18.2. The van der Waals surface area contributed by atoms with Crippen LogP contribution in [0.4, 0.5) is 0 Å². The first-order valence-corrected chi connectivity index (χ1v) is 6.86. The van der Waals surface area contributed by atoms with Gasteiger partial charge in [0, 0.05) is 0 Å². The highest BCUT2D eigenvalue weighted by atomic mass is 16.5. The molecular weight excluding hydrogens is 284 g/mol. The Bertz CT molecular complexity index is 664. The lowest BCUT2D eigenvalue weighted by Gasteiger charge is -2.11. The first-order valence-electron chi connectivity index (χ1n) is 6.86. The van der Waals surface area contributed by atoms with Gasteiger partial charge in [-0.25, -0.2) is 9.59 Å². The van der Waals surface area contributed by atoms with Crippen molar-refractivity contribution in [3.63, 3.8) is 0 Å². The highest BCUT2D eigenvalue weighted by Crippen LogP contribution is 2.23. The normalized spacial score (nSPS) is 10.2. The molecule has 0 bridgehead atoms. The molecule has 0 aromatic heterocycles. The molecule has 0 fully saturated rings. The number of rotatable bonds is 7. The van der Waals surface area contributed by atoms with E-state index in [9.17, 15) is 14.7 Å². The fraction of sp³-hybridized carbons (Fsp3) is 0.176. The Morgan fingerprint density at radius 3 is 2.27 bits per heavy atom. The molecule has 0 aliphatic carbocycles. The summed E-state index contributed by atoms with van der Waals surface area (Å²) in [5.41, 5.74) is 0.589. The van der Waals surface area contributed by atoms with Gasteiger partial charge in [-0.05, 0) is 30.5 Å². The molecule has 5 heteroatoms. The summed E-state index contributed by atoms with van der Waals surface area (Å²) in [7, 11) is 0. The summed E-state index contributed by atoms with van der Waals surface area (Å²) in [6, 6.07) is 14.1. The fourth-order valence-electron chi connectivity index (χ4n) is 2.15. The second-order valence-corrected chi connectivity index (χ2v) is 4.73. The van der Waals surface area contributed by atoms with Crippen molar-refractivity contribution >= 4 is 11.9 Å². The summed E-state index contributed by atoms with van der Waals surface area (Å²) < 4.78 is 5.47. The van der Waals surface area contributed by atoms with Gasteiger partial charge in [0.2, 0.25) is 0 Å². The van der Waals surface area contributed by atoms with E-state index in [1.165, 1.54) is 23.8 Å². The molecule has 2 aromatic rings. The predicted molar refractivity (Wildman–Crippen MR) is 80.6 cm³/mol. The first kappa shape index (κ1) is 15.6. The van der Waals surface area contributed by atoms with E-state index in [1.54, 1.807) is 0 Å². The summed E-state index contributed by atoms with van der Waals surface area (Å²) in [6.45, 7) is 0.318. The van der Waals surface area contributed by atoms with Crippen molar-refractivity contribution in [1.82, 2.24) is 0 Å². The molecule has 0 aliphatic rings. The third-order valence-electron chi connectivity index (χ3n) is 3.18. The zero-order valence-corrected chi connectivity index (χ0v) is 11.9. The molecule has 0 saturated heterocycles. The maximum absolute atomic E-state index is 11.3. The van der Waals surface area contributed by atoms with Crippen LogP contribution in [-0.2, 0) is 6.42 Å². The molecule has 0 saturated carbocycles. The molecule has 0 aliphatic heterocycles. The number of carboxylic acids is 2. The zero-order valence-electron chi connectivity index (χ0n) is 11.9. The summed E-state index contributed by atoms with van der Waals surface area (Å²) in [4.78, 5) is 22.3. The summed E-state index contributed by atoms with van der Waals surface area (Å²) in [6.07, 6.45) is 1.52. The predicted octanol–water partition coefficient (Wildman–Crippen LogP) is 3.09. The average molecular weight is 300 g/mol. The number of benzene rings is 2. The highest BCUT2D eigenvalue weighted by Gasteiger charge is 2.20. The Morgan fingerprint density at radius 2 is 1.64 bits per heavy atom. The van der Waals surface area contributed by atoms with Gasteiger partial charge in [0.25, 0.3) is 0 Å². The Kier molecular flexibility index (Phi) is 5.14. The molecule has 2 aromatic carbocycles. The van der Waals surface area contributed by atoms with Crippen LogP contribution in [0.3, 0.4) is 0 Å². The minimum absolute atomic E-state index is 0.0838. The monoisotopic (exact) mass is 300 g/mol. The van der Waals surface area contributed by atoms with Gasteiger partial charge in [0.1, 0.15) is 11.3 Å². The summed E-state index contributed by atoms with van der Waals surface area (Å²) >= 11 is 0. The Hall–Kier alpha value is -2.82. The van der Waals surface area contributed by atoms with Gasteiger partial charge >= 0.3 is 11.9 Å². The van der Waals surface area contributed by atoms with Crippen LogP contribution in [0.25, 0.3) is 0 Å². The minimum atomic E-state index is -1.31. The quantitative estimate of drug-likeness (QED) is 0.768. The van der Waals surface area contributed by atoms with Crippen LogP contribution in [0, 0.1) is 0 Å². The maximum atomic E-state index is 11.3. The largest absolute Gasteiger partial charge is 0.493 e. The van der Waals surface area contributed by atoms with Crippen molar-refractivity contribution in [3.8, 4) is 5.75 Å². The molecule has 2 rings (SSSR count). The van der Waals surface area contributed by atoms with E-state index in [2.05, 4.69) is 0 Å². The average Bonchev–Trinajstić information content (AvgIpc) is 2.52. The number of hydrogen-bond acceptors (Lipinski definition) is 3. The molecule has 0 spiro atoms. The van der Waals surface area contributed by atoms with E-state index in [0.717, 1.165) is 6.42 Å². The summed E-state index contributed by atoms with van der Waals surface area (Å²) in [5.74, 6) is -2.51. The van der Waals surface area contributed by atoms with Crippen molar-refractivity contribution in [2.45, 2.75) is 12.8 Å². The molecule has 0 atom stereocenters. The van der Waals surface area contributed by atoms with E-state index >= 15 is 0 Å². The van der Waals surface area contributed by atoms with Crippen LogP contribution in [0.15, 0.2) is 48.5 Å². The van der Waals surface area contributed by atoms with Crippen LogP contribution < -0.4 is 4.74 Å². The van der Waals surface area contributed by atoms with Crippen molar-refractivity contribution in [2.75, 3.05) is 6.61 Å². The van der Waals surface area contributed by atoms with Gasteiger partial charge in [0.05, 0.1) is 12.2 Å². The SMILES string of the molecule is O=C(O)c1cccc(OCCCc2ccccc2)c1C(=O)O. The number of carboxylic acid groups (broad SMARTS) is 2. The lowest BCUT2D eigenvalue weighted by atomic mass is 10.1. The van der Waals surface area contributed by atoms with Gasteiger partial charge in [-0.3, -0.25) is 0 Å². The van der Waals surface area contributed by atoms with E-state index in [-0.39, 0.29) is 16.9 Å². The van der Waals surface area contributed by atoms with Crippen LogP contribution in [0.5, 0.6) is 5.75 Å². The number of hydrogen-bond donors (Lipinski definition) is 2. The van der Waals surface area contributed by atoms with Gasteiger partial charge in [-0.2, -0.15) is 0 Å². The molecule has 0 amide bonds. The van der Waals surface area contributed by atoms with E-state index in [0.29, 0.717) is 13.0 Å². The second kappa shape index (κ2) is 7.26. The van der Waals surface area contributed by atoms with Gasteiger partial charge in [0.15, 0.2) is 0 Å². The van der Waals surface area contributed by atoms with Crippen molar-refractivity contribution in [1.29, 1.82) is 0 Å².